The van der Waals surface area contributed by atoms with E-state index in [0.717, 1.165) is 24.4 Å². The molecule has 2 aliphatic rings. The highest BCUT2D eigenvalue weighted by molar-refractivity contribution is 7.99. The lowest BCUT2D eigenvalue weighted by Gasteiger charge is -2.30. The molecule has 1 heterocycles. The number of fused-ring (bicyclic) bond motifs is 2. The average molecular weight is 324 g/mol. The second-order valence-electron chi connectivity index (χ2n) is 6.12. The van der Waals surface area contributed by atoms with Gasteiger partial charge in [-0.3, -0.25) is 4.79 Å². The predicted molar refractivity (Wildman–Crippen MR) is 96.5 cm³/mol. The topological polar surface area (TPSA) is 32.3 Å². The van der Waals surface area contributed by atoms with E-state index in [-0.39, 0.29) is 5.91 Å². The first-order valence-corrected chi connectivity index (χ1v) is 9.16. The first-order valence-electron chi connectivity index (χ1n) is 8.18. The third-order valence-electron chi connectivity index (χ3n) is 4.54. The van der Waals surface area contributed by atoms with Crippen molar-refractivity contribution in [1.82, 2.24) is 0 Å². The predicted octanol–water partition coefficient (Wildman–Crippen LogP) is 3.73. The number of nitrogens with one attached hydrogen (secondary N) is 1. The summed E-state index contributed by atoms with van der Waals surface area (Å²) < 4.78 is 0. The Labute approximate surface area is 141 Å². The molecule has 3 nitrogen and oxygen atoms in total. The highest BCUT2D eigenvalue weighted by atomic mass is 32.2. The zero-order valence-corrected chi connectivity index (χ0v) is 13.9. The molecule has 0 fully saturated rings. The van der Waals surface area contributed by atoms with Crippen molar-refractivity contribution in [3.63, 3.8) is 0 Å². The van der Waals surface area contributed by atoms with Gasteiger partial charge in [0.2, 0.25) is 5.91 Å². The number of benzene rings is 2. The van der Waals surface area contributed by atoms with Crippen LogP contribution < -0.4 is 10.2 Å². The van der Waals surface area contributed by atoms with Gasteiger partial charge in [-0.1, -0.05) is 18.2 Å². The molecule has 0 radical (unpaired) electrons. The molecule has 2 aromatic rings. The van der Waals surface area contributed by atoms with Crippen molar-refractivity contribution in [1.29, 1.82) is 0 Å². The molecule has 4 heteroatoms. The monoisotopic (exact) mass is 324 g/mol. The molecule has 1 aliphatic heterocycles. The van der Waals surface area contributed by atoms with Crippen molar-refractivity contribution in [3.8, 4) is 0 Å². The molecular formula is C19H20N2OS. The molecule has 0 saturated carbocycles. The number of nitrogens with zero attached hydrogens (tertiary/aromatic N) is 1. The molecule has 0 spiro atoms. The van der Waals surface area contributed by atoms with Crippen LogP contribution in [-0.2, 0) is 17.6 Å². The molecule has 23 heavy (non-hydrogen) atoms. The number of carbonyl (C=O) groups excluding carboxylic acids is 1. The van der Waals surface area contributed by atoms with E-state index in [9.17, 15) is 4.79 Å². The van der Waals surface area contributed by atoms with Crippen LogP contribution in [0.1, 0.15) is 17.5 Å². The second-order valence-corrected chi connectivity index (χ2v) is 7.26. The van der Waals surface area contributed by atoms with E-state index in [1.165, 1.54) is 34.6 Å². The minimum Gasteiger partial charge on any atom is -0.360 e. The first-order chi connectivity index (χ1) is 11.3. The number of anilines is 2. The fourth-order valence-electron chi connectivity index (χ4n) is 3.41. The lowest BCUT2D eigenvalue weighted by Crippen LogP contribution is -2.36. The Bertz CT molecular complexity index is 744. The molecule has 0 saturated heterocycles. The van der Waals surface area contributed by atoms with Gasteiger partial charge in [0, 0.05) is 22.9 Å². The number of aryl methyl sites for hydroxylation is 2. The summed E-state index contributed by atoms with van der Waals surface area (Å²) in [5, 5.41) is 3.06. The van der Waals surface area contributed by atoms with Gasteiger partial charge in [0.15, 0.2) is 0 Å². The highest BCUT2D eigenvalue weighted by Gasteiger charge is 2.19. The van der Waals surface area contributed by atoms with Gasteiger partial charge in [0.1, 0.15) is 0 Å². The van der Waals surface area contributed by atoms with Crippen LogP contribution in [0.15, 0.2) is 47.4 Å². The third-order valence-corrected chi connectivity index (χ3v) is 5.58. The van der Waals surface area contributed by atoms with E-state index >= 15 is 0 Å². The summed E-state index contributed by atoms with van der Waals surface area (Å²) in [7, 11) is 0. The van der Waals surface area contributed by atoms with Gasteiger partial charge in [0.05, 0.1) is 12.2 Å². The van der Waals surface area contributed by atoms with Crippen molar-refractivity contribution < 1.29 is 4.79 Å². The summed E-state index contributed by atoms with van der Waals surface area (Å²) in [4.78, 5) is 15.9. The summed E-state index contributed by atoms with van der Waals surface area (Å²) in [6.45, 7) is 1.33. The summed E-state index contributed by atoms with van der Waals surface area (Å²) in [6.07, 6.45) is 3.54. The van der Waals surface area contributed by atoms with Gasteiger partial charge >= 0.3 is 0 Å². The van der Waals surface area contributed by atoms with Gasteiger partial charge in [-0.25, -0.2) is 0 Å². The summed E-state index contributed by atoms with van der Waals surface area (Å²) >= 11 is 1.86. The molecule has 0 unspecified atom stereocenters. The summed E-state index contributed by atoms with van der Waals surface area (Å²) in [6, 6.07) is 14.7. The maximum Gasteiger partial charge on any atom is 0.243 e. The fourth-order valence-corrected chi connectivity index (χ4v) is 4.47. The van der Waals surface area contributed by atoms with E-state index in [1.54, 1.807) is 0 Å². The van der Waals surface area contributed by atoms with Gasteiger partial charge in [-0.05, 0) is 54.7 Å². The van der Waals surface area contributed by atoms with Gasteiger partial charge in [0.25, 0.3) is 0 Å². The third kappa shape index (κ3) is 3.08. The maximum absolute atomic E-state index is 12.4. The van der Waals surface area contributed by atoms with Crippen molar-refractivity contribution >= 4 is 29.0 Å². The summed E-state index contributed by atoms with van der Waals surface area (Å²) in [5.74, 6) is 1.09. The number of carbonyl (C=O) groups is 1. The molecule has 118 valence electrons. The van der Waals surface area contributed by atoms with E-state index < -0.39 is 0 Å². The fraction of sp³-hybridized carbons (Fsp3) is 0.316. The minimum absolute atomic E-state index is 0.0599. The Balaban J connectivity index is 1.45. The zero-order valence-electron chi connectivity index (χ0n) is 13.0. The van der Waals surface area contributed by atoms with Crippen molar-refractivity contribution in [2.75, 3.05) is 29.1 Å². The van der Waals surface area contributed by atoms with Gasteiger partial charge in [-0.2, -0.15) is 0 Å². The van der Waals surface area contributed by atoms with Crippen LogP contribution in [0.5, 0.6) is 0 Å². The van der Waals surface area contributed by atoms with Crippen LogP contribution >= 0.6 is 11.8 Å². The lowest BCUT2D eigenvalue weighted by atomic mass is 10.1. The molecule has 1 aliphatic carbocycles. The van der Waals surface area contributed by atoms with Crippen LogP contribution in [0, 0.1) is 0 Å². The Kier molecular flexibility index (Phi) is 4.00. The Morgan fingerprint density at radius 3 is 2.96 bits per heavy atom. The SMILES string of the molecule is O=C(CN1CCSc2ccccc21)Nc1ccc2c(c1)CCC2. The zero-order chi connectivity index (χ0) is 15.6. The number of para-hydroxylation sites is 1. The lowest BCUT2D eigenvalue weighted by molar-refractivity contribution is -0.115. The Morgan fingerprint density at radius 1 is 1.13 bits per heavy atom. The number of hydrogen-bond donors (Lipinski definition) is 1. The molecule has 0 atom stereocenters. The molecule has 1 N–H and O–H groups in total. The van der Waals surface area contributed by atoms with Crippen LogP contribution in [0.3, 0.4) is 0 Å². The Morgan fingerprint density at radius 2 is 2.00 bits per heavy atom. The molecule has 0 bridgehead atoms. The number of rotatable bonds is 3. The van der Waals surface area contributed by atoms with Crippen molar-refractivity contribution in [2.24, 2.45) is 0 Å². The Hall–Kier alpha value is -1.94. The van der Waals surface area contributed by atoms with E-state index in [0.29, 0.717) is 6.54 Å². The standard InChI is InChI=1S/C19H20N2OS/c22-19(20-16-9-8-14-4-3-5-15(14)12-16)13-21-10-11-23-18-7-2-1-6-17(18)21/h1-2,6-9,12H,3-5,10-11,13H2,(H,20,22). The maximum atomic E-state index is 12.4. The normalized spacial score (nSPS) is 15.9. The summed E-state index contributed by atoms with van der Waals surface area (Å²) in [5.41, 5.74) is 4.93. The van der Waals surface area contributed by atoms with Gasteiger partial charge in [-0.15, -0.1) is 11.8 Å². The molecule has 0 aromatic heterocycles. The van der Waals surface area contributed by atoms with Crippen molar-refractivity contribution in [2.45, 2.75) is 24.2 Å². The molecule has 1 amide bonds. The molecular weight excluding hydrogens is 304 g/mol. The largest absolute Gasteiger partial charge is 0.360 e. The quantitative estimate of drug-likeness (QED) is 0.934. The van der Waals surface area contributed by atoms with Crippen LogP contribution in [-0.4, -0.2) is 24.7 Å². The van der Waals surface area contributed by atoms with Crippen molar-refractivity contribution in [3.05, 3.63) is 53.6 Å². The van der Waals surface area contributed by atoms with Crippen LogP contribution in [0.4, 0.5) is 11.4 Å². The first kappa shape index (κ1) is 14.6. The minimum atomic E-state index is 0.0599. The number of amides is 1. The smallest absolute Gasteiger partial charge is 0.243 e. The average Bonchev–Trinajstić information content (AvgIpc) is 3.03. The number of hydrogen-bond acceptors (Lipinski definition) is 3. The van der Waals surface area contributed by atoms with E-state index in [4.69, 9.17) is 0 Å². The van der Waals surface area contributed by atoms with Crippen LogP contribution in [0.2, 0.25) is 0 Å². The van der Waals surface area contributed by atoms with E-state index in [2.05, 4.69) is 40.5 Å². The molecule has 2 aromatic carbocycles. The van der Waals surface area contributed by atoms with Crippen LogP contribution in [0.25, 0.3) is 0 Å². The molecule has 4 rings (SSSR count). The highest BCUT2D eigenvalue weighted by Crippen LogP contribution is 2.34. The second kappa shape index (κ2) is 6.28. The van der Waals surface area contributed by atoms with Gasteiger partial charge < -0.3 is 10.2 Å². The number of thioether (sulfide) groups is 1. The van der Waals surface area contributed by atoms with E-state index in [1.807, 2.05) is 23.9 Å².